The number of hydrogen-bond donors (Lipinski definition) is 2. The summed E-state index contributed by atoms with van der Waals surface area (Å²) < 4.78 is 0. The minimum absolute atomic E-state index is 0.0605. The highest BCUT2D eigenvalue weighted by Gasteiger charge is 2.37. The van der Waals surface area contributed by atoms with E-state index >= 15 is 0 Å². The van der Waals surface area contributed by atoms with Crippen LogP contribution in [0, 0.1) is 0 Å². The summed E-state index contributed by atoms with van der Waals surface area (Å²) in [6.45, 7) is 2.92. The van der Waals surface area contributed by atoms with Crippen LogP contribution in [-0.2, 0) is 4.79 Å². The van der Waals surface area contributed by atoms with Crippen molar-refractivity contribution in [3.8, 4) is 0 Å². The van der Waals surface area contributed by atoms with E-state index in [0.717, 1.165) is 19.4 Å². The monoisotopic (exact) mass is 236 g/mol. The van der Waals surface area contributed by atoms with E-state index in [1.165, 1.54) is 32.1 Å². The summed E-state index contributed by atoms with van der Waals surface area (Å²) in [7, 11) is 0. The van der Waals surface area contributed by atoms with Gasteiger partial charge < -0.3 is 10.6 Å². The largest absolute Gasteiger partial charge is 0.350 e. The van der Waals surface area contributed by atoms with Crippen molar-refractivity contribution in [3.63, 3.8) is 0 Å². The SMILES string of the molecule is C/C=C/C(=O)NC1CCNC2(CCCCC2)C1. The Bertz CT molecular complexity index is 287. The van der Waals surface area contributed by atoms with E-state index < -0.39 is 0 Å². The van der Waals surface area contributed by atoms with Gasteiger partial charge in [-0.15, -0.1) is 0 Å². The van der Waals surface area contributed by atoms with Crippen molar-refractivity contribution < 1.29 is 4.79 Å². The van der Waals surface area contributed by atoms with Crippen LogP contribution < -0.4 is 10.6 Å². The number of hydrogen-bond acceptors (Lipinski definition) is 2. The Morgan fingerprint density at radius 2 is 2.12 bits per heavy atom. The van der Waals surface area contributed by atoms with Crippen molar-refractivity contribution >= 4 is 5.91 Å². The lowest BCUT2D eigenvalue weighted by Gasteiger charge is -2.44. The zero-order valence-corrected chi connectivity index (χ0v) is 10.8. The van der Waals surface area contributed by atoms with Gasteiger partial charge in [-0.05, 0) is 45.2 Å². The van der Waals surface area contributed by atoms with Gasteiger partial charge in [0.2, 0.25) is 5.91 Å². The topological polar surface area (TPSA) is 41.1 Å². The van der Waals surface area contributed by atoms with Crippen LogP contribution in [0.25, 0.3) is 0 Å². The molecule has 0 aromatic heterocycles. The molecule has 1 saturated heterocycles. The van der Waals surface area contributed by atoms with Crippen molar-refractivity contribution in [2.24, 2.45) is 0 Å². The zero-order chi connectivity index (χ0) is 12.1. The normalized spacial score (nSPS) is 28.4. The fraction of sp³-hybridized carbons (Fsp3) is 0.786. The van der Waals surface area contributed by atoms with E-state index in [1.807, 2.05) is 6.92 Å². The highest BCUT2D eigenvalue weighted by molar-refractivity contribution is 5.87. The highest BCUT2D eigenvalue weighted by Crippen LogP contribution is 2.34. The van der Waals surface area contributed by atoms with Crippen molar-refractivity contribution in [2.45, 2.75) is 63.5 Å². The Balaban J connectivity index is 1.90. The molecule has 2 aliphatic rings. The molecule has 3 nitrogen and oxygen atoms in total. The predicted octanol–water partition coefficient (Wildman–Crippen LogP) is 2.13. The number of piperidine rings is 1. The molecule has 2 N–H and O–H groups in total. The molecule has 2 rings (SSSR count). The number of allylic oxidation sites excluding steroid dienone is 1. The molecule has 0 bridgehead atoms. The van der Waals surface area contributed by atoms with Gasteiger partial charge in [-0.25, -0.2) is 0 Å². The molecule has 0 radical (unpaired) electrons. The molecule has 1 aliphatic heterocycles. The molecule has 2 fully saturated rings. The summed E-state index contributed by atoms with van der Waals surface area (Å²) in [5.74, 6) is 0.0605. The molecule has 3 heteroatoms. The second kappa shape index (κ2) is 5.67. The molecule has 0 aromatic rings. The van der Waals surface area contributed by atoms with Crippen molar-refractivity contribution in [2.75, 3.05) is 6.54 Å². The molecule has 1 unspecified atom stereocenters. The minimum atomic E-state index is 0.0605. The van der Waals surface area contributed by atoms with Gasteiger partial charge in [0, 0.05) is 11.6 Å². The molecule has 0 aromatic carbocycles. The van der Waals surface area contributed by atoms with Crippen LogP contribution in [0.5, 0.6) is 0 Å². The first kappa shape index (κ1) is 12.6. The molecule has 1 amide bonds. The van der Waals surface area contributed by atoms with Crippen LogP contribution in [0.3, 0.4) is 0 Å². The van der Waals surface area contributed by atoms with E-state index in [0.29, 0.717) is 11.6 Å². The number of amides is 1. The summed E-state index contributed by atoms with van der Waals surface area (Å²) in [4.78, 5) is 11.6. The van der Waals surface area contributed by atoms with Gasteiger partial charge in [0.05, 0.1) is 0 Å². The Hall–Kier alpha value is -0.830. The third kappa shape index (κ3) is 3.32. The quantitative estimate of drug-likeness (QED) is 0.721. The highest BCUT2D eigenvalue weighted by atomic mass is 16.1. The third-order valence-corrected chi connectivity index (χ3v) is 4.11. The number of nitrogens with one attached hydrogen (secondary N) is 2. The Morgan fingerprint density at radius 1 is 1.35 bits per heavy atom. The lowest BCUT2D eigenvalue weighted by atomic mass is 9.75. The predicted molar refractivity (Wildman–Crippen MR) is 69.8 cm³/mol. The van der Waals surface area contributed by atoms with Crippen LogP contribution in [0.15, 0.2) is 12.2 Å². The van der Waals surface area contributed by atoms with E-state index in [2.05, 4.69) is 10.6 Å². The zero-order valence-electron chi connectivity index (χ0n) is 10.8. The summed E-state index contributed by atoms with van der Waals surface area (Å²) in [5.41, 5.74) is 0.324. The third-order valence-electron chi connectivity index (χ3n) is 4.11. The molecule has 96 valence electrons. The van der Waals surface area contributed by atoms with Gasteiger partial charge in [0.15, 0.2) is 0 Å². The van der Waals surface area contributed by atoms with Crippen LogP contribution in [0.2, 0.25) is 0 Å². The maximum absolute atomic E-state index is 11.6. The Morgan fingerprint density at radius 3 is 2.82 bits per heavy atom. The molecule has 1 saturated carbocycles. The summed E-state index contributed by atoms with van der Waals surface area (Å²) in [6.07, 6.45) is 12.2. The summed E-state index contributed by atoms with van der Waals surface area (Å²) in [6, 6.07) is 0.359. The van der Waals surface area contributed by atoms with Gasteiger partial charge in [-0.1, -0.05) is 25.3 Å². The standard InChI is InChI=1S/C14H24N2O/c1-2-6-13(17)16-12-7-10-15-14(11-12)8-4-3-5-9-14/h2,6,12,15H,3-5,7-11H2,1H3,(H,16,17)/b6-2+. The van der Waals surface area contributed by atoms with E-state index in [4.69, 9.17) is 0 Å². The van der Waals surface area contributed by atoms with Crippen LogP contribution in [-0.4, -0.2) is 24.0 Å². The summed E-state index contributed by atoms with van der Waals surface area (Å²) >= 11 is 0. The van der Waals surface area contributed by atoms with Crippen LogP contribution >= 0.6 is 0 Å². The molecule has 17 heavy (non-hydrogen) atoms. The molecule has 1 heterocycles. The van der Waals surface area contributed by atoms with Gasteiger partial charge in [-0.2, -0.15) is 0 Å². The molecule has 1 atom stereocenters. The lowest BCUT2D eigenvalue weighted by Crippen LogP contribution is -2.56. The maximum Gasteiger partial charge on any atom is 0.243 e. The van der Waals surface area contributed by atoms with Crippen molar-refractivity contribution in [1.82, 2.24) is 10.6 Å². The van der Waals surface area contributed by atoms with Gasteiger partial charge >= 0.3 is 0 Å². The van der Waals surface area contributed by atoms with Crippen LogP contribution in [0.4, 0.5) is 0 Å². The number of carbonyl (C=O) groups is 1. The van der Waals surface area contributed by atoms with Gasteiger partial charge in [0.1, 0.15) is 0 Å². The second-order valence-electron chi connectivity index (χ2n) is 5.47. The van der Waals surface area contributed by atoms with E-state index in [9.17, 15) is 4.79 Å². The fourth-order valence-corrected chi connectivity index (χ4v) is 3.29. The molecule has 1 aliphatic carbocycles. The smallest absolute Gasteiger partial charge is 0.243 e. The average molecular weight is 236 g/mol. The van der Waals surface area contributed by atoms with E-state index in [-0.39, 0.29) is 5.91 Å². The first-order valence-corrected chi connectivity index (χ1v) is 6.92. The van der Waals surface area contributed by atoms with Crippen molar-refractivity contribution in [1.29, 1.82) is 0 Å². The average Bonchev–Trinajstić information content (AvgIpc) is 2.30. The number of carbonyl (C=O) groups excluding carboxylic acids is 1. The van der Waals surface area contributed by atoms with Crippen LogP contribution in [0.1, 0.15) is 51.9 Å². The fourth-order valence-electron chi connectivity index (χ4n) is 3.29. The second-order valence-corrected chi connectivity index (χ2v) is 5.47. The molecular weight excluding hydrogens is 212 g/mol. The molecular formula is C14H24N2O. The van der Waals surface area contributed by atoms with Gasteiger partial charge in [0.25, 0.3) is 0 Å². The lowest BCUT2D eigenvalue weighted by molar-refractivity contribution is -0.117. The van der Waals surface area contributed by atoms with Gasteiger partial charge in [-0.3, -0.25) is 4.79 Å². The minimum Gasteiger partial charge on any atom is -0.350 e. The number of rotatable bonds is 2. The maximum atomic E-state index is 11.6. The summed E-state index contributed by atoms with van der Waals surface area (Å²) in [5, 5.41) is 6.83. The molecule has 1 spiro atoms. The van der Waals surface area contributed by atoms with E-state index in [1.54, 1.807) is 12.2 Å². The Kier molecular flexibility index (Phi) is 4.21. The first-order valence-electron chi connectivity index (χ1n) is 6.92. The van der Waals surface area contributed by atoms with Crippen molar-refractivity contribution in [3.05, 3.63) is 12.2 Å². The first-order chi connectivity index (χ1) is 8.24. The Labute approximate surface area is 104 Å².